The second-order valence-electron chi connectivity index (χ2n) is 7.43. The topological polar surface area (TPSA) is 72.1 Å². The summed E-state index contributed by atoms with van der Waals surface area (Å²) in [7, 11) is 1.58. The number of likely N-dealkylation sites (tertiary alicyclic amines) is 1. The second kappa shape index (κ2) is 13.8. The minimum absolute atomic E-state index is 0. The lowest BCUT2D eigenvalue weighted by Gasteiger charge is -2.31. The molecular weight excluding hydrogens is 527 g/mol. The molecule has 0 atom stereocenters. The van der Waals surface area contributed by atoms with Crippen LogP contribution in [0.4, 0.5) is 5.69 Å². The van der Waals surface area contributed by atoms with Crippen molar-refractivity contribution in [1.29, 1.82) is 0 Å². The Morgan fingerprint density at radius 2 is 1.94 bits per heavy atom. The predicted octanol–water partition coefficient (Wildman–Crippen LogP) is 4.76. The third kappa shape index (κ3) is 8.84. The van der Waals surface area contributed by atoms with Crippen LogP contribution in [0.2, 0.25) is 5.02 Å². The van der Waals surface area contributed by atoms with Gasteiger partial charge in [-0.25, -0.2) is 0 Å². The number of ether oxygens (including phenoxy) is 2. The number of methoxy groups -OCH3 is 1. The van der Waals surface area contributed by atoms with Crippen LogP contribution in [0.15, 0.2) is 53.5 Å². The van der Waals surface area contributed by atoms with Crippen LogP contribution in [0.25, 0.3) is 0 Å². The van der Waals surface area contributed by atoms with Crippen molar-refractivity contribution in [3.8, 4) is 5.75 Å². The average Bonchev–Trinajstić information content (AvgIpc) is 2.75. The molecule has 170 valence electrons. The second-order valence-corrected chi connectivity index (χ2v) is 7.83. The van der Waals surface area contributed by atoms with E-state index in [1.807, 2.05) is 6.07 Å². The molecule has 0 amide bonds. The summed E-state index contributed by atoms with van der Waals surface area (Å²) in [5.74, 6) is 0.992. The van der Waals surface area contributed by atoms with Gasteiger partial charge in [0.1, 0.15) is 5.75 Å². The SMILES string of the molecule is COc1ccc(NC(N)=NCCCOC2CCN(Cc3ccccc3)CC2)cc1Cl.I. The molecular formula is C23H32ClIN4O2. The predicted molar refractivity (Wildman–Crippen MR) is 139 cm³/mol. The van der Waals surface area contributed by atoms with E-state index in [2.05, 4.69) is 45.5 Å². The van der Waals surface area contributed by atoms with Gasteiger partial charge in [0, 0.05) is 38.5 Å². The fourth-order valence-electron chi connectivity index (χ4n) is 3.52. The van der Waals surface area contributed by atoms with Crippen LogP contribution in [-0.2, 0) is 11.3 Å². The van der Waals surface area contributed by atoms with Crippen molar-refractivity contribution in [2.24, 2.45) is 10.7 Å². The van der Waals surface area contributed by atoms with Gasteiger partial charge in [0.15, 0.2) is 5.96 Å². The van der Waals surface area contributed by atoms with Crippen LogP contribution in [0.1, 0.15) is 24.8 Å². The fraction of sp³-hybridized carbons (Fsp3) is 0.435. The first kappa shape index (κ1) is 25.7. The molecule has 1 aliphatic heterocycles. The van der Waals surface area contributed by atoms with E-state index in [1.165, 1.54) is 5.56 Å². The van der Waals surface area contributed by atoms with Crippen LogP contribution in [-0.4, -0.2) is 50.3 Å². The molecule has 0 radical (unpaired) electrons. The first-order valence-electron chi connectivity index (χ1n) is 10.4. The summed E-state index contributed by atoms with van der Waals surface area (Å²) in [6.45, 7) is 4.51. The van der Waals surface area contributed by atoms with Gasteiger partial charge < -0.3 is 20.5 Å². The number of guanidine groups is 1. The number of rotatable bonds is 9. The van der Waals surface area contributed by atoms with E-state index in [-0.39, 0.29) is 24.0 Å². The van der Waals surface area contributed by atoms with E-state index in [9.17, 15) is 0 Å². The summed E-state index contributed by atoms with van der Waals surface area (Å²) in [5, 5.41) is 3.57. The molecule has 1 fully saturated rings. The summed E-state index contributed by atoms with van der Waals surface area (Å²) in [6.07, 6.45) is 3.35. The van der Waals surface area contributed by atoms with Crippen molar-refractivity contribution in [1.82, 2.24) is 4.90 Å². The number of nitrogens with zero attached hydrogens (tertiary/aromatic N) is 2. The van der Waals surface area contributed by atoms with Gasteiger partial charge in [-0.3, -0.25) is 9.89 Å². The van der Waals surface area contributed by atoms with E-state index >= 15 is 0 Å². The number of piperidine rings is 1. The highest BCUT2D eigenvalue weighted by Gasteiger charge is 2.19. The first-order valence-corrected chi connectivity index (χ1v) is 10.8. The summed E-state index contributed by atoms with van der Waals surface area (Å²) in [4.78, 5) is 6.85. The first-order chi connectivity index (χ1) is 14.6. The number of anilines is 1. The van der Waals surface area contributed by atoms with Crippen molar-refractivity contribution >= 4 is 47.2 Å². The number of aliphatic imine (C=N–C) groups is 1. The Kier molecular flexibility index (Phi) is 11.4. The Morgan fingerprint density at radius 1 is 1.19 bits per heavy atom. The Bertz CT molecular complexity index is 814. The third-order valence-corrected chi connectivity index (χ3v) is 5.44. The van der Waals surface area contributed by atoms with Gasteiger partial charge in [0.2, 0.25) is 0 Å². The van der Waals surface area contributed by atoms with Gasteiger partial charge in [-0.1, -0.05) is 41.9 Å². The zero-order chi connectivity index (χ0) is 21.2. The lowest BCUT2D eigenvalue weighted by Crippen LogP contribution is -2.36. The molecule has 0 bridgehead atoms. The molecule has 2 aromatic rings. The van der Waals surface area contributed by atoms with Crippen molar-refractivity contribution in [2.45, 2.75) is 31.9 Å². The molecule has 1 saturated heterocycles. The van der Waals surface area contributed by atoms with Crippen LogP contribution >= 0.6 is 35.6 Å². The van der Waals surface area contributed by atoms with Gasteiger partial charge in [0.25, 0.3) is 0 Å². The van der Waals surface area contributed by atoms with Gasteiger partial charge in [-0.15, -0.1) is 24.0 Å². The highest BCUT2D eigenvalue weighted by molar-refractivity contribution is 14.0. The molecule has 31 heavy (non-hydrogen) atoms. The lowest BCUT2D eigenvalue weighted by molar-refractivity contribution is 0.00566. The molecule has 0 aromatic heterocycles. The van der Waals surface area contributed by atoms with Crippen LogP contribution < -0.4 is 15.8 Å². The summed E-state index contributed by atoms with van der Waals surface area (Å²) >= 11 is 6.12. The van der Waals surface area contributed by atoms with E-state index in [0.717, 1.165) is 44.6 Å². The Morgan fingerprint density at radius 3 is 2.61 bits per heavy atom. The van der Waals surface area contributed by atoms with E-state index in [0.29, 0.717) is 36.0 Å². The van der Waals surface area contributed by atoms with Gasteiger partial charge in [-0.2, -0.15) is 0 Å². The molecule has 8 heteroatoms. The maximum Gasteiger partial charge on any atom is 0.193 e. The summed E-state index contributed by atoms with van der Waals surface area (Å²) in [5.41, 5.74) is 8.10. The van der Waals surface area contributed by atoms with Crippen molar-refractivity contribution in [3.63, 3.8) is 0 Å². The maximum absolute atomic E-state index is 6.12. The molecule has 0 spiro atoms. The summed E-state index contributed by atoms with van der Waals surface area (Å²) in [6, 6.07) is 16.0. The number of hydrogen-bond acceptors (Lipinski definition) is 4. The monoisotopic (exact) mass is 558 g/mol. The molecule has 0 saturated carbocycles. The third-order valence-electron chi connectivity index (χ3n) is 5.15. The Hall–Kier alpha value is -1.55. The molecule has 1 heterocycles. The smallest absolute Gasteiger partial charge is 0.193 e. The largest absolute Gasteiger partial charge is 0.495 e. The number of nitrogens with one attached hydrogen (secondary N) is 1. The summed E-state index contributed by atoms with van der Waals surface area (Å²) < 4.78 is 11.2. The average molecular weight is 559 g/mol. The van der Waals surface area contributed by atoms with Gasteiger partial charge >= 0.3 is 0 Å². The number of benzene rings is 2. The van der Waals surface area contributed by atoms with Crippen molar-refractivity contribution in [2.75, 3.05) is 38.7 Å². The molecule has 1 aliphatic rings. The maximum atomic E-state index is 6.12. The Labute approximate surface area is 207 Å². The van der Waals surface area contributed by atoms with Crippen LogP contribution in [0.5, 0.6) is 5.75 Å². The zero-order valence-electron chi connectivity index (χ0n) is 17.9. The number of hydrogen-bond donors (Lipinski definition) is 2. The number of nitrogens with two attached hydrogens (primary N) is 1. The Balaban J connectivity index is 0.00000341. The molecule has 0 aliphatic carbocycles. The molecule has 0 unspecified atom stereocenters. The normalized spacial score (nSPS) is 15.4. The highest BCUT2D eigenvalue weighted by Crippen LogP contribution is 2.27. The standard InChI is InChI=1S/C23H31ClN4O2.HI/c1-29-22-9-8-19(16-21(22)24)27-23(25)26-12-5-15-30-20-10-13-28(14-11-20)17-18-6-3-2-4-7-18;/h2-4,6-9,16,20H,5,10-15,17H2,1H3,(H3,25,26,27);1H. The van der Waals surface area contributed by atoms with E-state index < -0.39 is 0 Å². The molecule has 6 nitrogen and oxygen atoms in total. The van der Waals surface area contributed by atoms with Crippen molar-refractivity contribution in [3.05, 3.63) is 59.1 Å². The van der Waals surface area contributed by atoms with Crippen LogP contribution in [0, 0.1) is 0 Å². The quantitative estimate of drug-likeness (QED) is 0.201. The lowest BCUT2D eigenvalue weighted by atomic mass is 10.1. The van der Waals surface area contributed by atoms with E-state index in [4.69, 9.17) is 26.8 Å². The minimum atomic E-state index is 0. The molecule has 3 rings (SSSR count). The van der Waals surface area contributed by atoms with Crippen molar-refractivity contribution < 1.29 is 9.47 Å². The van der Waals surface area contributed by atoms with Crippen LogP contribution in [0.3, 0.4) is 0 Å². The number of halogens is 2. The van der Waals surface area contributed by atoms with Gasteiger partial charge in [-0.05, 0) is 43.0 Å². The van der Waals surface area contributed by atoms with E-state index in [1.54, 1.807) is 19.2 Å². The molecule has 3 N–H and O–H groups in total. The fourth-order valence-corrected chi connectivity index (χ4v) is 3.78. The highest BCUT2D eigenvalue weighted by atomic mass is 127. The molecule has 2 aromatic carbocycles. The van der Waals surface area contributed by atoms with Gasteiger partial charge in [0.05, 0.1) is 18.2 Å². The zero-order valence-corrected chi connectivity index (χ0v) is 21.0. The minimum Gasteiger partial charge on any atom is -0.495 e.